The smallest absolute Gasteiger partial charge is 0.307 e. The maximum atomic E-state index is 11.4. The first-order valence-corrected chi connectivity index (χ1v) is 7.45. The number of carboxylic acid groups (broad SMARTS) is 1. The number of hydrogen-bond donors (Lipinski definition) is 2. The SMILES string of the molecule is C[C@@H](CN)C[C@]1(c2cn(-c3ccccn3)cn2)C[C@H]1C(=O)O. The number of nitrogens with zero attached hydrogens (tertiary/aromatic N) is 3. The number of aromatic nitrogens is 3. The van der Waals surface area contributed by atoms with Gasteiger partial charge in [0.05, 0.1) is 11.6 Å². The van der Waals surface area contributed by atoms with E-state index in [0.29, 0.717) is 13.0 Å². The quantitative estimate of drug-likeness (QED) is 0.845. The van der Waals surface area contributed by atoms with E-state index >= 15 is 0 Å². The van der Waals surface area contributed by atoms with Crippen molar-refractivity contribution >= 4 is 5.97 Å². The highest BCUT2D eigenvalue weighted by atomic mass is 16.4. The van der Waals surface area contributed by atoms with Crippen LogP contribution in [0.2, 0.25) is 0 Å². The lowest BCUT2D eigenvalue weighted by molar-refractivity contribution is -0.139. The third-order valence-corrected chi connectivity index (χ3v) is 4.49. The fraction of sp³-hybridized carbons (Fsp3) is 0.438. The molecule has 1 aliphatic rings. The Hall–Kier alpha value is -2.21. The molecule has 1 aliphatic carbocycles. The lowest BCUT2D eigenvalue weighted by atomic mass is 9.88. The maximum absolute atomic E-state index is 11.4. The van der Waals surface area contributed by atoms with Crippen LogP contribution in [0.5, 0.6) is 0 Å². The van der Waals surface area contributed by atoms with Crippen LogP contribution in [0.4, 0.5) is 0 Å². The van der Waals surface area contributed by atoms with Crippen LogP contribution >= 0.6 is 0 Å². The van der Waals surface area contributed by atoms with Crippen molar-refractivity contribution in [2.24, 2.45) is 17.6 Å². The summed E-state index contributed by atoms with van der Waals surface area (Å²) in [6.45, 7) is 2.60. The van der Waals surface area contributed by atoms with Gasteiger partial charge in [0.2, 0.25) is 0 Å². The lowest BCUT2D eigenvalue weighted by Gasteiger charge is -2.18. The number of pyridine rings is 1. The second-order valence-electron chi connectivity index (χ2n) is 6.15. The Labute approximate surface area is 129 Å². The Kier molecular flexibility index (Phi) is 3.70. The molecule has 3 atom stereocenters. The van der Waals surface area contributed by atoms with E-state index in [1.165, 1.54) is 0 Å². The molecule has 6 heteroatoms. The molecule has 1 fully saturated rings. The summed E-state index contributed by atoms with van der Waals surface area (Å²) < 4.78 is 1.83. The molecule has 2 aromatic rings. The summed E-state index contributed by atoms with van der Waals surface area (Å²) in [7, 11) is 0. The molecule has 0 unspecified atom stereocenters. The van der Waals surface area contributed by atoms with Crippen LogP contribution in [0.3, 0.4) is 0 Å². The van der Waals surface area contributed by atoms with E-state index in [4.69, 9.17) is 5.73 Å². The molecule has 22 heavy (non-hydrogen) atoms. The molecular weight excluding hydrogens is 280 g/mol. The summed E-state index contributed by atoms with van der Waals surface area (Å²) in [6, 6.07) is 5.65. The van der Waals surface area contributed by atoms with Gasteiger partial charge in [-0.1, -0.05) is 13.0 Å². The zero-order chi connectivity index (χ0) is 15.7. The van der Waals surface area contributed by atoms with Crippen LogP contribution in [-0.2, 0) is 10.2 Å². The summed E-state index contributed by atoms with van der Waals surface area (Å²) >= 11 is 0. The lowest BCUT2D eigenvalue weighted by Crippen LogP contribution is -2.22. The second-order valence-corrected chi connectivity index (χ2v) is 6.15. The molecule has 116 valence electrons. The molecule has 0 spiro atoms. The van der Waals surface area contributed by atoms with Gasteiger partial charge in [-0.3, -0.25) is 9.36 Å². The first-order chi connectivity index (χ1) is 10.6. The molecule has 2 aromatic heterocycles. The second kappa shape index (κ2) is 5.53. The van der Waals surface area contributed by atoms with Crippen LogP contribution in [0.1, 0.15) is 25.5 Å². The molecule has 1 saturated carbocycles. The minimum Gasteiger partial charge on any atom is -0.481 e. The number of imidazole rings is 1. The van der Waals surface area contributed by atoms with Crippen LogP contribution in [0.15, 0.2) is 36.9 Å². The molecule has 0 aliphatic heterocycles. The number of carboxylic acids is 1. The van der Waals surface area contributed by atoms with Crippen LogP contribution in [0, 0.1) is 11.8 Å². The average Bonchev–Trinajstić information content (AvgIpc) is 3.04. The monoisotopic (exact) mass is 300 g/mol. The highest BCUT2D eigenvalue weighted by molar-refractivity contribution is 5.77. The Balaban J connectivity index is 1.90. The fourth-order valence-electron chi connectivity index (χ4n) is 3.16. The highest BCUT2D eigenvalue weighted by Gasteiger charge is 2.61. The Bertz CT molecular complexity index is 670. The van der Waals surface area contributed by atoms with Gasteiger partial charge in [0, 0.05) is 17.8 Å². The zero-order valence-corrected chi connectivity index (χ0v) is 12.5. The van der Waals surface area contributed by atoms with Gasteiger partial charge in [0.25, 0.3) is 0 Å². The normalized spacial score (nSPS) is 24.9. The predicted octanol–water partition coefficient (Wildman–Crippen LogP) is 1.59. The molecule has 0 radical (unpaired) electrons. The van der Waals surface area contributed by atoms with Crippen molar-refractivity contribution in [2.75, 3.05) is 6.54 Å². The van der Waals surface area contributed by atoms with E-state index in [-0.39, 0.29) is 17.3 Å². The molecule has 0 saturated heterocycles. The van der Waals surface area contributed by atoms with Crippen LogP contribution < -0.4 is 5.73 Å². The molecule has 0 bridgehead atoms. The van der Waals surface area contributed by atoms with Gasteiger partial charge in [0.15, 0.2) is 0 Å². The summed E-state index contributed by atoms with van der Waals surface area (Å²) in [4.78, 5) is 20.2. The third-order valence-electron chi connectivity index (χ3n) is 4.49. The van der Waals surface area contributed by atoms with E-state index in [9.17, 15) is 9.90 Å². The van der Waals surface area contributed by atoms with Crippen LogP contribution in [-0.4, -0.2) is 32.2 Å². The van der Waals surface area contributed by atoms with E-state index in [1.807, 2.05) is 29.0 Å². The van der Waals surface area contributed by atoms with Crippen molar-refractivity contribution in [2.45, 2.75) is 25.2 Å². The molecular formula is C16H20N4O2. The first-order valence-electron chi connectivity index (χ1n) is 7.45. The van der Waals surface area contributed by atoms with E-state index in [0.717, 1.165) is 17.9 Å². The predicted molar refractivity (Wildman–Crippen MR) is 81.6 cm³/mol. The van der Waals surface area contributed by atoms with E-state index in [2.05, 4.69) is 16.9 Å². The van der Waals surface area contributed by atoms with Crippen LogP contribution in [0.25, 0.3) is 5.82 Å². The molecule has 3 rings (SSSR count). The Morgan fingerprint density at radius 3 is 2.95 bits per heavy atom. The van der Waals surface area contributed by atoms with Crippen molar-refractivity contribution in [3.8, 4) is 5.82 Å². The average molecular weight is 300 g/mol. The van der Waals surface area contributed by atoms with Gasteiger partial charge >= 0.3 is 5.97 Å². The first kappa shape index (κ1) is 14.7. The summed E-state index contributed by atoms with van der Waals surface area (Å²) in [6.07, 6.45) is 6.70. The molecule has 0 amide bonds. The molecule has 6 nitrogen and oxygen atoms in total. The highest BCUT2D eigenvalue weighted by Crippen LogP contribution is 2.57. The van der Waals surface area contributed by atoms with Gasteiger partial charge in [0.1, 0.15) is 12.1 Å². The summed E-state index contributed by atoms with van der Waals surface area (Å²) in [5, 5.41) is 9.38. The standard InChI is InChI=1S/C16H20N4O2/c1-11(8-17)6-16(7-12(16)15(21)22)13-9-20(10-19-13)14-4-2-3-5-18-14/h2-5,9-12H,6-8,17H2,1H3,(H,21,22)/t11-,12+,16+/m1/s1. The minimum absolute atomic E-state index is 0.268. The van der Waals surface area contributed by atoms with Gasteiger partial charge < -0.3 is 10.8 Å². The molecule has 0 aromatic carbocycles. The van der Waals surface area contributed by atoms with E-state index < -0.39 is 5.97 Å². The minimum atomic E-state index is -0.753. The Morgan fingerprint density at radius 1 is 1.55 bits per heavy atom. The zero-order valence-electron chi connectivity index (χ0n) is 12.5. The van der Waals surface area contributed by atoms with Crippen molar-refractivity contribution in [3.63, 3.8) is 0 Å². The molecule has 2 heterocycles. The number of rotatable bonds is 6. The fourth-order valence-corrected chi connectivity index (χ4v) is 3.16. The summed E-state index contributed by atoms with van der Waals surface area (Å²) in [5.41, 5.74) is 6.16. The maximum Gasteiger partial charge on any atom is 0.307 e. The largest absolute Gasteiger partial charge is 0.481 e. The van der Waals surface area contributed by atoms with Gasteiger partial charge in [-0.15, -0.1) is 0 Å². The number of aliphatic carboxylic acids is 1. The van der Waals surface area contributed by atoms with E-state index in [1.54, 1.807) is 12.5 Å². The number of carbonyl (C=O) groups is 1. The topological polar surface area (TPSA) is 94.0 Å². The van der Waals surface area contributed by atoms with Crippen molar-refractivity contribution in [1.82, 2.24) is 14.5 Å². The summed E-state index contributed by atoms with van der Waals surface area (Å²) in [5.74, 6) is -0.0784. The van der Waals surface area contributed by atoms with Crippen molar-refractivity contribution < 1.29 is 9.90 Å². The number of hydrogen-bond acceptors (Lipinski definition) is 4. The van der Waals surface area contributed by atoms with Gasteiger partial charge in [-0.25, -0.2) is 9.97 Å². The van der Waals surface area contributed by atoms with Gasteiger partial charge in [-0.05, 0) is 37.4 Å². The van der Waals surface area contributed by atoms with Crippen molar-refractivity contribution in [3.05, 3.63) is 42.6 Å². The van der Waals surface area contributed by atoms with Crippen molar-refractivity contribution in [1.29, 1.82) is 0 Å². The van der Waals surface area contributed by atoms with Gasteiger partial charge in [-0.2, -0.15) is 0 Å². The number of nitrogens with two attached hydrogens (primary N) is 1. The molecule has 3 N–H and O–H groups in total. The third kappa shape index (κ3) is 2.50. The Morgan fingerprint density at radius 2 is 2.36 bits per heavy atom.